The Balaban J connectivity index is 2.43. The van der Waals surface area contributed by atoms with E-state index in [9.17, 15) is 4.39 Å². The molecule has 6 heteroatoms. The highest BCUT2D eigenvalue weighted by Crippen LogP contribution is 2.20. The molecule has 0 heterocycles. The van der Waals surface area contributed by atoms with E-state index >= 15 is 0 Å². The Labute approximate surface area is 130 Å². The van der Waals surface area contributed by atoms with Crippen LogP contribution in [0.1, 0.15) is 11.1 Å². The molecule has 0 radical (unpaired) electrons. The quantitative estimate of drug-likeness (QED) is 0.506. The summed E-state index contributed by atoms with van der Waals surface area (Å²) in [7, 11) is 0. The van der Waals surface area contributed by atoms with Crippen LogP contribution in [0.3, 0.4) is 0 Å². The van der Waals surface area contributed by atoms with Crippen molar-refractivity contribution in [2.45, 2.75) is 6.42 Å². The van der Waals surface area contributed by atoms with Crippen LogP contribution >= 0.6 is 15.9 Å². The van der Waals surface area contributed by atoms with Gasteiger partial charge in [-0.05, 0) is 17.7 Å². The Morgan fingerprint density at radius 1 is 1.00 bits per heavy atom. The number of hydrogen-bond donors (Lipinski definition) is 2. The summed E-state index contributed by atoms with van der Waals surface area (Å²) in [5.41, 5.74) is 12.5. The van der Waals surface area contributed by atoms with Crippen LogP contribution in [-0.2, 0) is 6.42 Å². The Kier molecular flexibility index (Phi) is 5.05. The molecule has 0 bridgehead atoms. The lowest BCUT2D eigenvalue weighted by Crippen LogP contribution is -2.22. The summed E-state index contributed by atoms with van der Waals surface area (Å²) in [6.45, 7) is 0. The molecule has 0 atom stereocenters. The molecule has 0 spiro atoms. The number of guanidine groups is 1. The summed E-state index contributed by atoms with van der Waals surface area (Å²) in [6, 6.07) is 14.0. The van der Waals surface area contributed by atoms with Crippen molar-refractivity contribution in [3.05, 3.63) is 69.9 Å². The second-order valence-electron chi connectivity index (χ2n) is 4.32. The molecule has 2 rings (SSSR count). The van der Waals surface area contributed by atoms with E-state index < -0.39 is 0 Å². The maximum Gasteiger partial charge on any atom is 0.211 e. The van der Waals surface area contributed by atoms with Crippen molar-refractivity contribution in [3.63, 3.8) is 0 Å². The number of benzene rings is 2. The minimum atomic E-state index is -0.290. The highest BCUT2D eigenvalue weighted by atomic mass is 79.9. The van der Waals surface area contributed by atoms with Crippen LogP contribution < -0.4 is 11.5 Å². The minimum absolute atomic E-state index is 0.145. The van der Waals surface area contributed by atoms with Crippen LogP contribution in [0.5, 0.6) is 0 Å². The van der Waals surface area contributed by atoms with Gasteiger partial charge in [0.05, 0.1) is 5.71 Å². The van der Waals surface area contributed by atoms with Gasteiger partial charge in [-0.2, -0.15) is 5.10 Å². The van der Waals surface area contributed by atoms with Crippen molar-refractivity contribution in [2.75, 3.05) is 0 Å². The lowest BCUT2D eigenvalue weighted by Gasteiger charge is -2.08. The monoisotopic (exact) mass is 348 g/mol. The molecule has 0 amide bonds. The molecule has 108 valence electrons. The van der Waals surface area contributed by atoms with Gasteiger partial charge >= 0.3 is 0 Å². The summed E-state index contributed by atoms with van der Waals surface area (Å²) < 4.78 is 14.7. The second-order valence-corrected chi connectivity index (χ2v) is 5.17. The van der Waals surface area contributed by atoms with Crippen LogP contribution in [0.2, 0.25) is 0 Å². The van der Waals surface area contributed by atoms with Gasteiger partial charge in [0.25, 0.3) is 0 Å². The Morgan fingerprint density at radius 2 is 1.67 bits per heavy atom. The predicted molar refractivity (Wildman–Crippen MR) is 86.6 cm³/mol. The van der Waals surface area contributed by atoms with Crippen LogP contribution in [0, 0.1) is 5.82 Å². The largest absolute Gasteiger partial charge is 0.369 e. The highest BCUT2D eigenvalue weighted by molar-refractivity contribution is 9.10. The molecule has 0 aliphatic rings. The molecule has 2 aromatic carbocycles. The predicted octanol–water partition coefficient (Wildman–Crippen LogP) is 2.81. The Morgan fingerprint density at radius 3 is 2.33 bits per heavy atom. The average molecular weight is 349 g/mol. The maximum atomic E-state index is 13.8. The summed E-state index contributed by atoms with van der Waals surface area (Å²) in [5.74, 6) is -0.435. The summed E-state index contributed by atoms with van der Waals surface area (Å²) >= 11 is 3.45. The first-order chi connectivity index (χ1) is 10.1. The molecule has 0 saturated heterocycles. The summed E-state index contributed by atoms with van der Waals surface area (Å²) in [6.07, 6.45) is 0.284. The molecular formula is C15H14BrFN4. The SMILES string of the molecule is NC(N)=N/N=C(\Cc1ccccc1F)c1ccccc1Br. The first-order valence-electron chi connectivity index (χ1n) is 6.21. The van der Waals surface area contributed by atoms with E-state index in [0.29, 0.717) is 11.3 Å². The molecule has 0 fully saturated rings. The lowest BCUT2D eigenvalue weighted by molar-refractivity contribution is 0.616. The van der Waals surface area contributed by atoms with Crippen molar-refractivity contribution in [1.82, 2.24) is 0 Å². The van der Waals surface area contributed by atoms with Gasteiger partial charge in [-0.3, -0.25) is 0 Å². The molecular weight excluding hydrogens is 335 g/mol. The number of nitrogens with zero attached hydrogens (tertiary/aromatic N) is 2. The lowest BCUT2D eigenvalue weighted by atomic mass is 10.0. The van der Waals surface area contributed by atoms with E-state index in [1.54, 1.807) is 18.2 Å². The number of nitrogens with two attached hydrogens (primary N) is 2. The first kappa shape index (κ1) is 15.2. The third-order valence-electron chi connectivity index (χ3n) is 2.79. The standard InChI is InChI=1S/C15H14BrFN4/c16-12-7-3-2-6-11(12)14(20-21-15(18)19)9-10-5-1-4-8-13(10)17/h1-8H,9H2,(H4,18,19,21)/b20-14+. The molecule has 0 saturated carbocycles. The number of rotatable bonds is 4. The molecule has 21 heavy (non-hydrogen) atoms. The minimum Gasteiger partial charge on any atom is -0.369 e. The van der Waals surface area contributed by atoms with E-state index in [1.807, 2.05) is 24.3 Å². The fraction of sp³-hybridized carbons (Fsp3) is 0.0667. The second kappa shape index (κ2) is 6.99. The number of halogens is 2. The maximum absolute atomic E-state index is 13.8. The van der Waals surface area contributed by atoms with Gasteiger partial charge in [-0.1, -0.05) is 52.3 Å². The average Bonchev–Trinajstić information content (AvgIpc) is 2.46. The fourth-order valence-corrected chi connectivity index (χ4v) is 2.33. The molecule has 2 aromatic rings. The zero-order valence-electron chi connectivity index (χ0n) is 11.1. The molecule has 4 N–H and O–H groups in total. The zero-order valence-corrected chi connectivity index (χ0v) is 12.7. The molecule has 4 nitrogen and oxygen atoms in total. The van der Waals surface area contributed by atoms with Crippen molar-refractivity contribution in [1.29, 1.82) is 0 Å². The van der Waals surface area contributed by atoms with E-state index in [0.717, 1.165) is 10.0 Å². The smallest absolute Gasteiger partial charge is 0.211 e. The van der Waals surface area contributed by atoms with Gasteiger partial charge in [0, 0.05) is 16.5 Å². The molecule has 0 aromatic heterocycles. The van der Waals surface area contributed by atoms with E-state index in [2.05, 4.69) is 26.1 Å². The fourth-order valence-electron chi connectivity index (χ4n) is 1.82. The topological polar surface area (TPSA) is 76.8 Å². The molecule has 0 aliphatic carbocycles. The normalized spacial score (nSPS) is 11.2. The van der Waals surface area contributed by atoms with E-state index in [4.69, 9.17) is 11.5 Å². The summed E-state index contributed by atoms with van der Waals surface area (Å²) in [5, 5.41) is 7.73. The van der Waals surface area contributed by atoms with Crippen molar-refractivity contribution in [2.24, 2.45) is 21.7 Å². The first-order valence-corrected chi connectivity index (χ1v) is 7.01. The van der Waals surface area contributed by atoms with Gasteiger partial charge in [0.2, 0.25) is 5.96 Å². The van der Waals surface area contributed by atoms with Gasteiger partial charge in [0.15, 0.2) is 0 Å². The third kappa shape index (κ3) is 4.13. The zero-order chi connectivity index (χ0) is 15.2. The van der Waals surface area contributed by atoms with Crippen LogP contribution in [0.25, 0.3) is 0 Å². The van der Waals surface area contributed by atoms with Crippen LogP contribution in [0.15, 0.2) is 63.2 Å². The molecule has 0 unspecified atom stereocenters. The van der Waals surface area contributed by atoms with Crippen LogP contribution in [0.4, 0.5) is 4.39 Å². The van der Waals surface area contributed by atoms with Crippen molar-refractivity contribution < 1.29 is 4.39 Å². The van der Waals surface area contributed by atoms with Gasteiger partial charge < -0.3 is 11.5 Å². The van der Waals surface area contributed by atoms with E-state index in [1.165, 1.54) is 6.07 Å². The van der Waals surface area contributed by atoms with Gasteiger partial charge in [-0.25, -0.2) is 4.39 Å². The highest BCUT2D eigenvalue weighted by Gasteiger charge is 2.11. The van der Waals surface area contributed by atoms with Crippen LogP contribution in [-0.4, -0.2) is 11.7 Å². The number of hydrogen-bond acceptors (Lipinski definition) is 2. The van der Waals surface area contributed by atoms with Gasteiger partial charge in [-0.15, -0.1) is 5.10 Å². The van der Waals surface area contributed by atoms with Gasteiger partial charge in [0.1, 0.15) is 5.82 Å². The van der Waals surface area contributed by atoms with Crippen molar-refractivity contribution in [3.8, 4) is 0 Å². The third-order valence-corrected chi connectivity index (χ3v) is 3.48. The summed E-state index contributed by atoms with van der Waals surface area (Å²) in [4.78, 5) is 0. The molecule has 0 aliphatic heterocycles. The Bertz CT molecular complexity index is 694. The van der Waals surface area contributed by atoms with Crippen molar-refractivity contribution >= 4 is 27.6 Å². The Hall–Kier alpha value is -2.21. The van der Waals surface area contributed by atoms with E-state index in [-0.39, 0.29) is 18.2 Å².